The number of aliphatic hydroxyl groups is 7. The van der Waals surface area contributed by atoms with Crippen molar-refractivity contribution in [2.75, 3.05) is 32.8 Å². The smallest absolute Gasteiger partial charge is 0.341 e. The van der Waals surface area contributed by atoms with Gasteiger partial charge in [0, 0.05) is 25.7 Å². The molecule has 4 aliphatic rings. The lowest BCUT2D eigenvalue weighted by molar-refractivity contribution is -0.307. The number of urea groups is 1. The maximum atomic E-state index is 12.6. The molecule has 4 fully saturated rings. The summed E-state index contributed by atoms with van der Waals surface area (Å²) in [5, 5.41) is 86.9. The second kappa shape index (κ2) is 17.3. The molecule has 3 saturated heterocycles. The zero-order chi connectivity index (χ0) is 36.3. The number of nitrogens with two attached hydrogens (primary N) is 6. The van der Waals surface area contributed by atoms with Gasteiger partial charge in [-0.15, -0.1) is 0 Å². The Hall–Kier alpha value is -1.53. The average molecular weight is 717 g/mol. The summed E-state index contributed by atoms with van der Waals surface area (Å²) in [6.07, 6.45) is -21.8. The zero-order valence-corrected chi connectivity index (χ0v) is 26.6. The van der Waals surface area contributed by atoms with Crippen molar-refractivity contribution in [2.24, 2.45) is 34.4 Å². The molecular weight excluding hydrogens is 664 g/mol. The molecule has 19 atom stereocenters. The second-order valence-corrected chi connectivity index (χ2v) is 12.6. The molecule has 1 aliphatic carbocycles. The standard InChI is InChI=1S/C26H52N8O15/c27-1-2-34(43)26(42)33-8-3-7(30)20(47-23-12(31)17(39)15(37)9(4-28)44-23)22(14(8)36)49-25-19(41)21(11(6-35)46-25)48-24-13(32)18(40)16(38)10(5-29)45-24/h7-25,35-41,43H,1-6,27-32H2,(H,33,42)/t7-,8+,9+,10-,11+,12+,13+,14-,15+,16?,17-,18+,19+,20+,21+,22+,23+,24+,25-/m0/s1. The average Bonchev–Trinajstić information content (AvgIpc) is 3.38. The fraction of sp³-hybridized carbons (Fsp3) is 0.962. The molecule has 4 rings (SSSR count). The lowest BCUT2D eigenvalue weighted by Gasteiger charge is -2.48. The molecule has 0 aromatic heterocycles. The van der Waals surface area contributed by atoms with Crippen LogP contribution in [0.25, 0.3) is 0 Å². The lowest BCUT2D eigenvalue weighted by atomic mass is 9.83. The summed E-state index contributed by atoms with van der Waals surface area (Å²) in [5.74, 6) is 0. The highest BCUT2D eigenvalue weighted by atomic mass is 16.8. The van der Waals surface area contributed by atoms with Gasteiger partial charge in [-0.05, 0) is 6.42 Å². The first-order valence-electron chi connectivity index (χ1n) is 15.9. The van der Waals surface area contributed by atoms with Crippen molar-refractivity contribution in [3.05, 3.63) is 0 Å². The van der Waals surface area contributed by atoms with Crippen LogP contribution in [-0.4, -0.2) is 201 Å². The number of carbonyl (C=O) groups excluding carboxylic acids is 1. The summed E-state index contributed by atoms with van der Waals surface area (Å²) in [4.78, 5) is 12.6. The van der Waals surface area contributed by atoms with E-state index in [9.17, 15) is 45.7 Å². The summed E-state index contributed by atoms with van der Waals surface area (Å²) in [6.45, 7) is -1.46. The van der Waals surface area contributed by atoms with E-state index >= 15 is 0 Å². The largest absolute Gasteiger partial charge is 0.394 e. The Morgan fingerprint density at radius 3 is 1.67 bits per heavy atom. The highest BCUT2D eigenvalue weighted by Crippen LogP contribution is 2.34. The number of aliphatic hydroxyl groups excluding tert-OH is 7. The van der Waals surface area contributed by atoms with Crippen LogP contribution in [0.5, 0.6) is 0 Å². The number of amides is 2. The Balaban J connectivity index is 1.57. The normalized spacial score (nSPS) is 47.6. The van der Waals surface area contributed by atoms with Crippen molar-refractivity contribution in [1.29, 1.82) is 0 Å². The van der Waals surface area contributed by atoms with Crippen LogP contribution in [0.3, 0.4) is 0 Å². The number of rotatable bonds is 12. The minimum Gasteiger partial charge on any atom is -0.394 e. The predicted octanol–water partition coefficient (Wildman–Crippen LogP) is -9.49. The molecule has 2 amide bonds. The quantitative estimate of drug-likeness (QED) is 0.0658. The summed E-state index contributed by atoms with van der Waals surface area (Å²) < 4.78 is 34.9. The van der Waals surface area contributed by atoms with E-state index in [-0.39, 0.29) is 32.6 Å². The number of hydrogen-bond donors (Lipinski definition) is 15. The van der Waals surface area contributed by atoms with Gasteiger partial charge in [-0.1, -0.05) is 0 Å². The molecule has 0 aromatic rings. The van der Waals surface area contributed by atoms with E-state index in [0.29, 0.717) is 5.06 Å². The van der Waals surface area contributed by atoms with Crippen molar-refractivity contribution in [1.82, 2.24) is 10.4 Å². The molecule has 21 N–H and O–H groups in total. The molecule has 0 aromatic carbocycles. The monoisotopic (exact) mass is 716 g/mol. The molecule has 23 heteroatoms. The third-order valence-corrected chi connectivity index (χ3v) is 9.21. The van der Waals surface area contributed by atoms with Crippen molar-refractivity contribution in [2.45, 2.75) is 123 Å². The molecule has 3 aliphatic heterocycles. The van der Waals surface area contributed by atoms with E-state index in [1.54, 1.807) is 0 Å². The Kier molecular flexibility index (Phi) is 14.2. The van der Waals surface area contributed by atoms with Gasteiger partial charge in [0.05, 0.1) is 31.3 Å². The first-order valence-corrected chi connectivity index (χ1v) is 15.9. The Bertz CT molecular complexity index is 1060. The number of nitrogens with zero attached hydrogens (tertiary/aromatic N) is 1. The molecule has 49 heavy (non-hydrogen) atoms. The van der Waals surface area contributed by atoms with E-state index in [1.807, 2.05) is 0 Å². The van der Waals surface area contributed by atoms with Crippen molar-refractivity contribution < 1.29 is 74.2 Å². The van der Waals surface area contributed by atoms with Crippen molar-refractivity contribution in [3.8, 4) is 0 Å². The number of ether oxygens (including phenoxy) is 6. The van der Waals surface area contributed by atoms with Gasteiger partial charge in [-0.2, -0.15) is 0 Å². The van der Waals surface area contributed by atoms with Crippen LogP contribution in [-0.2, 0) is 28.4 Å². The molecule has 1 unspecified atom stereocenters. The number of hydrogen-bond acceptors (Lipinski definition) is 21. The van der Waals surface area contributed by atoms with E-state index in [1.165, 1.54) is 0 Å². The SMILES string of the molecule is NCCN(O)C(=O)N[C@@H]1C[C@H](N)[C@@H](O[C@H]2O[C@H](CN)[C@@H](O)[C@@H](O)[C@H]2N)[C@H](O[C@@H]2O[C@H](CO)[C@@H](O[C@H]3O[C@@H](CN)C(O)[C@H](O)[C@H]3N)[C@H]2O)[C@H]1O. The maximum absolute atomic E-state index is 12.6. The van der Waals surface area contributed by atoms with Crippen molar-refractivity contribution >= 4 is 6.03 Å². The predicted molar refractivity (Wildman–Crippen MR) is 160 cm³/mol. The minimum absolute atomic E-state index is 0.0698. The molecule has 0 radical (unpaired) electrons. The fourth-order valence-electron chi connectivity index (χ4n) is 6.31. The van der Waals surface area contributed by atoms with Crippen molar-refractivity contribution in [3.63, 3.8) is 0 Å². The van der Waals surface area contributed by atoms with Gasteiger partial charge < -0.3 is 104 Å². The fourth-order valence-corrected chi connectivity index (χ4v) is 6.31. The lowest BCUT2D eigenvalue weighted by Crippen LogP contribution is -2.69. The molecular formula is C26H52N8O15. The van der Waals surface area contributed by atoms with Gasteiger partial charge in [0.2, 0.25) is 0 Å². The Morgan fingerprint density at radius 1 is 0.694 bits per heavy atom. The second-order valence-electron chi connectivity index (χ2n) is 12.6. The van der Waals surface area contributed by atoms with Gasteiger partial charge >= 0.3 is 6.03 Å². The highest BCUT2D eigenvalue weighted by Gasteiger charge is 2.55. The molecule has 0 spiro atoms. The first-order chi connectivity index (χ1) is 23.2. The minimum atomic E-state index is -1.73. The van der Waals surface area contributed by atoms with Gasteiger partial charge in [-0.3, -0.25) is 5.21 Å². The van der Waals surface area contributed by atoms with Crippen LogP contribution in [0.4, 0.5) is 4.79 Å². The van der Waals surface area contributed by atoms with Crippen LogP contribution in [0.1, 0.15) is 6.42 Å². The zero-order valence-electron chi connectivity index (χ0n) is 26.6. The Labute approximate surface area is 280 Å². The van der Waals surface area contributed by atoms with E-state index in [2.05, 4.69) is 5.32 Å². The van der Waals surface area contributed by atoms with Gasteiger partial charge in [0.25, 0.3) is 0 Å². The molecule has 0 bridgehead atoms. The summed E-state index contributed by atoms with van der Waals surface area (Å²) in [6, 6.07) is -5.90. The van der Waals surface area contributed by atoms with E-state index < -0.39 is 129 Å². The summed E-state index contributed by atoms with van der Waals surface area (Å²) in [7, 11) is 0. The third kappa shape index (κ3) is 8.58. The molecule has 23 nitrogen and oxygen atoms in total. The summed E-state index contributed by atoms with van der Waals surface area (Å²) in [5.41, 5.74) is 35.2. The van der Waals surface area contributed by atoms with Gasteiger partial charge in [0.15, 0.2) is 18.9 Å². The molecule has 3 heterocycles. The topological polar surface area (TPSA) is 406 Å². The van der Waals surface area contributed by atoms with Crippen LogP contribution in [0, 0.1) is 0 Å². The Morgan fingerprint density at radius 2 is 1.18 bits per heavy atom. The number of carbonyl (C=O) groups is 1. The van der Waals surface area contributed by atoms with Gasteiger partial charge in [0.1, 0.15) is 73.2 Å². The van der Waals surface area contributed by atoms with Crippen LogP contribution in [0.2, 0.25) is 0 Å². The third-order valence-electron chi connectivity index (χ3n) is 9.21. The van der Waals surface area contributed by atoms with Gasteiger partial charge in [-0.25, -0.2) is 9.86 Å². The summed E-state index contributed by atoms with van der Waals surface area (Å²) >= 11 is 0. The number of nitrogens with one attached hydrogen (secondary N) is 1. The highest BCUT2D eigenvalue weighted by molar-refractivity contribution is 5.73. The van der Waals surface area contributed by atoms with Crippen LogP contribution in [0.15, 0.2) is 0 Å². The maximum Gasteiger partial charge on any atom is 0.341 e. The van der Waals surface area contributed by atoms with E-state index in [0.717, 1.165) is 0 Å². The first kappa shape index (κ1) is 40.2. The van der Waals surface area contributed by atoms with Crippen LogP contribution >= 0.6 is 0 Å². The molecule has 1 saturated carbocycles. The van der Waals surface area contributed by atoms with Crippen LogP contribution < -0.4 is 39.7 Å². The molecule has 286 valence electrons. The van der Waals surface area contributed by atoms with E-state index in [4.69, 9.17) is 62.8 Å². The number of hydroxylamine groups is 2.